The summed E-state index contributed by atoms with van der Waals surface area (Å²) in [6, 6.07) is 12.3. The Bertz CT molecular complexity index is 1430. The first kappa shape index (κ1) is 26.2. The second kappa shape index (κ2) is 11.0. The molecule has 1 amide bonds. The Kier molecular flexibility index (Phi) is 7.83. The van der Waals surface area contributed by atoms with Crippen molar-refractivity contribution in [2.45, 2.75) is 6.92 Å². The lowest BCUT2D eigenvalue weighted by Gasteiger charge is -2.23. The van der Waals surface area contributed by atoms with E-state index in [4.69, 9.17) is 24.4 Å². The van der Waals surface area contributed by atoms with Crippen molar-refractivity contribution in [1.29, 1.82) is 5.41 Å². The number of ether oxygens (including phenoxy) is 4. The molecule has 37 heavy (non-hydrogen) atoms. The van der Waals surface area contributed by atoms with E-state index in [1.54, 1.807) is 31.4 Å². The Labute approximate surface area is 218 Å². The summed E-state index contributed by atoms with van der Waals surface area (Å²) in [5, 5.41) is 8.16. The van der Waals surface area contributed by atoms with Crippen LogP contribution in [-0.2, 0) is 14.6 Å². The number of rotatable bonds is 9. The van der Waals surface area contributed by atoms with E-state index >= 15 is 0 Å². The van der Waals surface area contributed by atoms with Gasteiger partial charge in [0.25, 0.3) is 5.91 Å². The Morgan fingerprint density at radius 3 is 2.54 bits per heavy atom. The van der Waals surface area contributed by atoms with Gasteiger partial charge < -0.3 is 18.9 Å². The van der Waals surface area contributed by atoms with Crippen LogP contribution in [-0.4, -0.2) is 68.6 Å². The maximum Gasteiger partial charge on any atom is 0.283 e. The Balaban J connectivity index is 1.49. The largest absolute Gasteiger partial charge is 0.497 e. The first-order valence-electron chi connectivity index (χ1n) is 11.1. The topological polar surface area (TPSA) is 140 Å². The molecule has 0 aliphatic carbocycles. The van der Waals surface area contributed by atoms with E-state index in [2.05, 4.69) is 9.39 Å². The lowest BCUT2D eigenvalue weighted by atomic mass is 10.1. The molecule has 0 fully saturated rings. The number of hydrogen-bond acceptors (Lipinski definition) is 10. The van der Waals surface area contributed by atoms with Crippen LogP contribution in [0, 0.1) is 5.41 Å². The molecule has 2 aliphatic heterocycles. The molecule has 0 bridgehead atoms. The number of sulfone groups is 1. The van der Waals surface area contributed by atoms with Gasteiger partial charge in [0.1, 0.15) is 30.5 Å². The summed E-state index contributed by atoms with van der Waals surface area (Å²) in [6.07, 6.45) is 2.43. The number of amidine groups is 3. The van der Waals surface area contributed by atoms with E-state index in [0.717, 1.165) is 23.1 Å². The van der Waals surface area contributed by atoms with Crippen molar-refractivity contribution in [3.63, 3.8) is 0 Å². The number of fused-ring (bicyclic) bond motifs is 1. The Morgan fingerprint density at radius 1 is 1.05 bits per heavy atom. The van der Waals surface area contributed by atoms with Gasteiger partial charge in [-0.2, -0.15) is 9.39 Å². The highest BCUT2D eigenvalue weighted by molar-refractivity contribution is 8.16. The minimum absolute atomic E-state index is 0.0301. The van der Waals surface area contributed by atoms with E-state index in [1.807, 2.05) is 25.1 Å². The van der Waals surface area contributed by atoms with E-state index in [9.17, 15) is 13.2 Å². The van der Waals surface area contributed by atoms with Crippen molar-refractivity contribution in [3.8, 4) is 23.0 Å². The normalized spacial score (nSPS) is 16.3. The molecule has 2 heterocycles. The molecule has 2 aromatic rings. The lowest BCUT2D eigenvalue weighted by molar-refractivity contribution is -0.114. The summed E-state index contributed by atoms with van der Waals surface area (Å²) in [5.41, 5.74) is 0.463. The van der Waals surface area contributed by atoms with E-state index in [-0.39, 0.29) is 35.0 Å². The number of benzene rings is 2. The summed E-state index contributed by atoms with van der Waals surface area (Å²) in [6.45, 7) is 2.74. The van der Waals surface area contributed by atoms with Crippen LogP contribution in [0.3, 0.4) is 0 Å². The van der Waals surface area contributed by atoms with Crippen LogP contribution in [0.4, 0.5) is 0 Å². The first-order chi connectivity index (χ1) is 17.7. The van der Waals surface area contributed by atoms with Gasteiger partial charge in [-0.15, -0.1) is 0 Å². The van der Waals surface area contributed by atoms with Gasteiger partial charge in [-0.05, 0) is 42.8 Å². The third kappa shape index (κ3) is 5.94. The maximum atomic E-state index is 12.6. The molecule has 0 atom stereocenters. The van der Waals surface area contributed by atoms with Crippen LogP contribution in [0.5, 0.6) is 23.0 Å². The standard InChI is InChI=1S/C24H24N4O7S2/c1-4-33-20-13-15(8-9-19(20)35-11-10-34-17-7-5-6-16(14-17)32-2)12-18-21(25)28-23(26-22(18)29)36-27-24(28)37(3,30)31/h5-9,12-14,25H,4,10-11H2,1-3H3. The molecular formula is C24H24N4O7S2. The molecule has 13 heteroatoms. The van der Waals surface area contributed by atoms with E-state index < -0.39 is 15.7 Å². The molecule has 194 valence electrons. The second-order valence-corrected chi connectivity index (χ2v) is 10.3. The van der Waals surface area contributed by atoms with E-state index in [0.29, 0.717) is 35.2 Å². The Hall–Kier alpha value is -3.84. The summed E-state index contributed by atoms with van der Waals surface area (Å²) in [4.78, 5) is 17.6. The highest BCUT2D eigenvalue weighted by Gasteiger charge is 2.41. The van der Waals surface area contributed by atoms with Crippen LogP contribution in [0.2, 0.25) is 0 Å². The molecule has 2 aromatic carbocycles. The van der Waals surface area contributed by atoms with Gasteiger partial charge in [-0.25, -0.2) is 13.3 Å². The lowest BCUT2D eigenvalue weighted by Crippen LogP contribution is -2.45. The summed E-state index contributed by atoms with van der Waals surface area (Å²) in [7, 11) is -2.15. The molecule has 11 nitrogen and oxygen atoms in total. The van der Waals surface area contributed by atoms with Crippen molar-refractivity contribution in [3.05, 3.63) is 53.6 Å². The summed E-state index contributed by atoms with van der Waals surface area (Å²) in [5.74, 6) is 1.27. The zero-order valence-corrected chi connectivity index (χ0v) is 21.9. The highest BCUT2D eigenvalue weighted by atomic mass is 32.2. The average Bonchev–Trinajstić information content (AvgIpc) is 3.30. The van der Waals surface area contributed by atoms with Crippen LogP contribution >= 0.6 is 11.9 Å². The Morgan fingerprint density at radius 2 is 1.81 bits per heavy atom. The average molecular weight is 545 g/mol. The van der Waals surface area contributed by atoms with Crippen LogP contribution in [0.25, 0.3) is 6.08 Å². The minimum Gasteiger partial charge on any atom is -0.497 e. The molecule has 4 rings (SSSR count). The van der Waals surface area contributed by atoms with Gasteiger partial charge in [-0.3, -0.25) is 10.2 Å². The summed E-state index contributed by atoms with van der Waals surface area (Å²) < 4.78 is 50.4. The van der Waals surface area contributed by atoms with E-state index in [1.165, 1.54) is 6.08 Å². The van der Waals surface area contributed by atoms with Crippen molar-refractivity contribution >= 4 is 49.9 Å². The minimum atomic E-state index is -3.73. The van der Waals surface area contributed by atoms with Crippen molar-refractivity contribution < 1.29 is 32.2 Å². The van der Waals surface area contributed by atoms with Gasteiger partial charge in [0, 0.05) is 12.3 Å². The summed E-state index contributed by atoms with van der Waals surface area (Å²) >= 11 is 0.741. The number of methoxy groups -OCH3 is 1. The van der Waals surface area contributed by atoms with Gasteiger partial charge in [0.15, 0.2) is 11.5 Å². The monoisotopic (exact) mass is 544 g/mol. The van der Waals surface area contributed by atoms with Crippen LogP contribution in [0.1, 0.15) is 12.5 Å². The predicted molar refractivity (Wildman–Crippen MR) is 141 cm³/mol. The SMILES string of the molecule is CCOc1cc(C=C2C(=N)N3C(=NC2=O)SN=C3S(C)(=O)=O)ccc1OCCOc1cccc(OC)c1. The molecular weight excluding hydrogens is 520 g/mol. The molecule has 0 saturated carbocycles. The maximum absolute atomic E-state index is 12.6. The van der Waals surface area contributed by atoms with Gasteiger partial charge >= 0.3 is 0 Å². The zero-order chi connectivity index (χ0) is 26.6. The second-order valence-electron chi connectivity index (χ2n) is 7.69. The zero-order valence-electron chi connectivity index (χ0n) is 20.3. The van der Waals surface area contributed by atoms with Crippen molar-refractivity contribution in [2.75, 3.05) is 33.2 Å². The fourth-order valence-electron chi connectivity index (χ4n) is 3.41. The molecule has 0 unspecified atom stereocenters. The number of nitrogens with zero attached hydrogens (tertiary/aromatic N) is 3. The third-order valence-electron chi connectivity index (χ3n) is 5.06. The molecule has 0 aromatic heterocycles. The van der Waals surface area contributed by atoms with Gasteiger partial charge in [-0.1, -0.05) is 12.1 Å². The molecule has 0 radical (unpaired) electrons. The van der Waals surface area contributed by atoms with Crippen LogP contribution < -0.4 is 18.9 Å². The quantitative estimate of drug-likeness (QED) is 0.286. The van der Waals surface area contributed by atoms with Crippen molar-refractivity contribution in [1.82, 2.24) is 4.90 Å². The highest BCUT2D eigenvalue weighted by Crippen LogP contribution is 2.32. The molecule has 0 spiro atoms. The molecule has 0 saturated heterocycles. The number of carbonyl (C=O) groups is 1. The molecule has 2 aliphatic rings. The van der Waals surface area contributed by atoms with Crippen molar-refractivity contribution in [2.24, 2.45) is 9.39 Å². The van der Waals surface area contributed by atoms with Gasteiger partial charge in [0.2, 0.25) is 20.2 Å². The van der Waals surface area contributed by atoms with Gasteiger partial charge in [0.05, 0.1) is 31.2 Å². The smallest absolute Gasteiger partial charge is 0.283 e. The fraction of sp³-hybridized carbons (Fsp3) is 0.250. The van der Waals surface area contributed by atoms with Crippen LogP contribution in [0.15, 0.2) is 57.4 Å². The fourth-order valence-corrected chi connectivity index (χ4v) is 5.25. The number of hydrogen-bond donors (Lipinski definition) is 1. The first-order valence-corrected chi connectivity index (χ1v) is 13.7. The number of carbonyl (C=O) groups excluding carboxylic acids is 1. The number of amides is 1. The molecule has 1 N–H and O–H groups in total. The predicted octanol–water partition coefficient (Wildman–Crippen LogP) is 3.17. The third-order valence-corrected chi connectivity index (χ3v) is 6.81. The number of aliphatic imine (C=N–C) groups is 1. The number of nitrogens with one attached hydrogen (secondary N) is 1.